The van der Waals surface area contributed by atoms with Gasteiger partial charge in [-0.1, -0.05) is 0 Å². The van der Waals surface area contributed by atoms with Crippen molar-refractivity contribution in [2.24, 2.45) is 7.05 Å². The zero-order chi connectivity index (χ0) is 13.7. The summed E-state index contributed by atoms with van der Waals surface area (Å²) in [5.41, 5.74) is 0.792. The number of aromatic carboxylic acids is 1. The predicted molar refractivity (Wildman–Crippen MR) is 64.4 cm³/mol. The molecule has 0 aliphatic carbocycles. The number of likely N-dealkylation sites (N-methyl/N-ethyl adjacent to an activating group) is 1. The Bertz CT molecular complexity index is 405. The van der Waals surface area contributed by atoms with E-state index >= 15 is 0 Å². The van der Waals surface area contributed by atoms with Crippen LogP contribution in [0.2, 0.25) is 0 Å². The number of aliphatic hydroxyl groups excluding tert-OH is 1. The molecule has 0 aliphatic rings. The van der Waals surface area contributed by atoms with Crippen molar-refractivity contribution in [3.05, 3.63) is 17.5 Å². The van der Waals surface area contributed by atoms with Crippen LogP contribution in [0, 0.1) is 0 Å². The topological polar surface area (TPSA) is 87.8 Å². The number of nitrogens with zero attached hydrogens (tertiary/aromatic N) is 3. The van der Waals surface area contributed by atoms with E-state index in [1.807, 2.05) is 4.90 Å². The van der Waals surface area contributed by atoms with Crippen LogP contribution in [0.15, 0.2) is 6.20 Å². The standard InChI is InChI=1S/C11H19N3O4/c1-13(5-8(15)7-18-3)6-10-9(11(16)17)4-12-14(10)2/h4,8,15H,5-7H2,1-3H3,(H,16,17). The molecule has 1 aromatic heterocycles. The molecule has 1 heterocycles. The second-order valence-electron chi connectivity index (χ2n) is 4.24. The molecule has 0 aromatic carbocycles. The lowest BCUT2D eigenvalue weighted by Gasteiger charge is -2.20. The van der Waals surface area contributed by atoms with E-state index in [1.165, 1.54) is 18.0 Å². The molecule has 0 amide bonds. The average Bonchev–Trinajstić information content (AvgIpc) is 2.60. The Morgan fingerprint density at radius 1 is 1.67 bits per heavy atom. The Morgan fingerprint density at radius 3 is 2.89 bits per heavy atom. The highest BCUT2D eigenvalue weighted by Crippen LogP contribution is 2.10. The molecule has 0 saturated carbocycles. The summed E-state index contributed by atoms with van der Waals surface area (Å²) in [6.45, 7) is 1.05. The lowest BCUT2D eigenvalue weighted by molar-refractivity contribution is 0.0413. The fraction of sp³-hybridized carbons (Fsp3) is 0.636. The highest BCUT2D eigenvalue weighted by Gasteiger charge is 2.17. The maximum atomic E-state index is 11.0. The minimum Gasteiger partial charge on any atom is -0.478 e. The van der Waals surface area contributed by atoms with Crippen LogP contribution < -0.4 is 0 Å². The van der Waals surface area contributed by atoms with Gasteiger partial charge in [-0.3, -0.25) is 9.58 Å². The van der Waals surface area contributed by atoms with E-state index in [4.69, 9.17) is 9.84 Å². The van der Waals surface area contributed by atoms with Gasteiger partial charge in [0, 0.05) is 27.2 Å². The van der Waals surface area contributed by atoms with Crippen LogP contribution in [0.25, 0.3) is 0 Å². The molecule has 0 aliphatic heterocycles. The predicted octanol–water partition coefficient (Wildman–Crippen LogP) is -0.443. The first-order valence-corrected chi connectivity index (χ1v) is 5.55. The van der Waals surface area contributed by atoms with Gasteiger partial charge >= 0.3 is 5.97 Å². The van der Waals surface area contributed by atoms with Crippen molar-refractivity contribution in [3.63, 3.8) is 0 Å². The Balaban J connectivity index is 2.66. The molecule has 1 atom stereocenters. The summed E-state index contributed by atoms with van der Waals surface area (Å²) >= 11 is 0. The van der Waals surface area contributed by atoms with Gasteiger partial charge in [0.05, 0.1) is 24.6 Å². The van der Waals surface area contributed by atoms with Gasteiger partial charge in [-0.25, -0.2) is 4.79 Å². The second kappa shape index (κ2) is 6.48. The van der Waals surface area contributed by atoms with Crippen LogP contribution in [-0.4, -0.2) is 64.3 Å². The van der Waals surface area contributed by atoms with Crippen molar-refractivity contribution in [2.75, 3.05) is 27.3 Å². The van der Waals surface area contributed by atoms with Gasteiger partial charge in [0.25, 0.3) is 0 Å². The largest absolute Gasteiger partial charge is 0.478 e. The molecular formula is C11H19N3O4. The molecule has 0 fully saturated rings. The fourth-order valence-electron chi connectivity index (χ4n) is 1.75. The first kappa shape index (κ1) is 14.6. The molecule has 0 bridgehead atoms. The van der Waals surface area contributed by atoms with Crippen LogP contribution in [0.4, 0.5) is 0 Å². The van der Waals surface area contributed by atoms with Crippen LogP contribution >= 0.6 is 0 Å². The summed E-state index contributed by atoms with van der Waals surface area (Å²) in [5.74, 6) is -0.996. The van der Waals surface area contributed by atoms with Crippen LogP contribution in [0.5, 0.6) is 0 Å². The Morgan fingerprint density at radius 2 is 2.33 bits per heavy atom. The maximum Gasteiger partial charge on any atom is 0.339 e. The Hall–Kier alpha value is -1.44. The Kier molecular flexibility index (Phi) is 5.26. The fourth-order valence-corrected chi connectivity index (χ4v) is 1.75. The molecule has 2 N–H and O–H groups in total. The minimum absolute atomic E-state index is 0.186. The number of rotatable bonds is 7. The molecule has 7 nitrogen and oxygen atoms in total. The highest BCUT2D eigenvalue weighted by molar-refractivity contribution is 5.88. The van der Waals surface area contributed by atoms with Gasteiger partial charge in [-0.2, -0.15) is 5.10 Å². The highest BCUT2D eigenvalue weighted by atomic mass is 16.5. The van der Waals surface area contributed by atoms with E-state index < -0.39 is 12.1 Å². The monoisotopic (exact) mass is 257 g/mol. The van der Waals surface area contributed by atoms with E-state index in [1.54, 1.807) is 14.1 Å². The summed E-state index contributed by atoms with van der Waals surface area (Å²) < 4.78 is 6.37. The third-order valence-corrected chi connectivity index (χ3v) is 2.59. The van der Waals surface area contributed by atoms with E-state index in [2.05, 4.69) is 5.10 Å². The van der Waals surface area contributed by atoms with Gasteiger partial charge in [0.1, 0.15) is 5.56 Å². The molecule has 18 heavy (non-hydrogen) atoms. The number of carboxylic acid groups (broad SMARTS) is 1. The van der Waals surface area contributed by atoms with E-state index in [0.29, 0.717) is 18.8 Å². The molecule has 7 heteroatoms. The van der Waals surface area contributed by atoms with Crippen molar-refractivity contribution >= 4 is 5.97 Å². The van der Waals surface area contributed by atoms with Gasteiger partial charge in [-0.15, -0.1) is 0 Å². The van der Waals surface area contributed by atoms with Crippen LogP contribution in [-0.2, 0) is 18.3 Å². The van der Waals surface area contributed by atoms with Crippen LogP contribution in [0.1, 0.15) is 16.1 Å². The molecule has 1 aromatic rings. The SMILES string of the molecule is COCC(O)CN(C)Cc1c(C(=O)O)cnn1C. The number of hydrogen-bond acceptors (Lipinski definition) is 5. The first-order valence-electron chi connectivity index (χ1n) is 5.55. The van der Waals surface area contributed by atoms with Crippen molar-refractivity contribution in [3.8, 4) is 0 Å². The summed E-state index contributed by atoms with van der Waals surface area (Å²) in [6.07, 6.45) is 0.735. The van der Waals surface area contributed by atoms with Crippen molar-refractivity contribution in [1.82, 2.24) is 14.7 Å². The zero-order valence-electron chi connectivity index (χ0n) is 10.8. The molecule has 0 radical (unpaired) electrons. The van der Waals surface area contributed by atoms with Gasteiger partial charge < -0.3 is 14.9 Å². The summed E-state index contributed by atoms with van der Waals surface area (Å²) in [7, 11) is 5.02. The quantitative estimate of drug-likeness (QED) is 0.688. The number of aliphatic hydroxyl groups is 1. The zero-order valence-corrected chi connectivity index (χ0v) is 10.8. The molecular weight excluding hydrogens is 238 g/mol. The van der Waals surface area contributed by atoms with Crippen molar-refractivity contribution in [1.29, 1.82) is 0 Å². The van der Waals surface area contributed by atoms with E-state index in [-0.39, 0.29) is 12.2 Å². The van der Waals surface area contributed by atoms with Crippen LogP contribution in [0.3, 0.4) is 0 Å². The molecule has 0 spiro atoms. The third kappa shape index (κ3) is 3.80. The van der Waals surface area contributed by atoms with E-state index in [0.717, 1.165) is 0 Å². The Labute approximate surface area is 106 Å². The lowest BCUT2D eigenvalue weighted by Crippen LogP contribution is -2.32. The minimum atomic E-state index is -0.996. The molecule has 1 rings (SSSR count). The number of aromatic nitrogens is 2. The number of methoxy groups -OCH3 is 1. The maximum absolute atomic E-state index is 11.0. The number of ether oxygens (including phenoxy) is 1. The average molecular weight is 257 g/mol. The number of hydrogen-bond donors (Lipinski definition) is 2. The number of aryl methyl sites for hydroxylation is 1. The van der Waals surface area contributed by atoms with Gasteiger partial charge in [0.15, 0.2) is 0 Å². The summed E-state index contributed by atoms with van der Waals surface area (Å²) in [6, 6.07) is 0. The summed E-state index contributed by atoms with van der Waals surface area (Å²) in [4.78, 5) is 12.8. The second-order valence-corrected chi connectivity index (χ2v) is 4.24. The van der Waals surface area contributed by atoms with Crippen molar-refractivity contribution < 1.29 is 19.7 Å². The third-order valence-electron chi connectivity index (χ3n) is 2.59. The lowest BCUT2D eigenvalue weighted by atomic mass is 10.2. The number of carbonyl (C=O) groups is 1. The smallest absolute Gasteiger partial charge is 0.339 e. The molecule has 0 saturated heterocycles. The summed E-state index contributed by atoms with van der Waals surface area (Å²) in [5, 5.41) is 22.5. The number of carboxylic acids is 1. The molecule has 102 valence electrons. The van der Waals surface area contributed by atoms with Gasteiger partial charge in [-0.05, 0) is 7.05 Å². The normalized spacial score (nSPS) is 12.9. The van der Waals surface area contributed by atoms with E-state index in [9.17, 15) is 9.90 Å². The first-order chi connectivity index (χ1) is 8.45. The molecule has 1 unspecified atom stereocenters. The van der Waals surface area contributed by atoms with Gasteiger partial charge in [0.2, 0.25) is 0 Å². The van der Waals surface area contributed by atoms with Crippen molar-refractivity contribution in [2.45, 2.75) is 12.6 Å².